The third kappa shape index (κ3) is 5.28. The van der Waals surface area contributed by atoms with Gasteiger partial charge in [-0.15, -0.1) is 0 Å². The fourth-order valence-corrected chi connectivity index (χ4v) is 3.27. The van der Waals surface area contributed by atoms with Crippen LogP contribution in [0.2, 0.25) is 0 Å². The van der Waals surface area contributed by atoms with Crippen molar-refractivity contribution in [3.05, 3.63) is 53.9 Å². The summed E-state index contributed by atoms with van der Waals surface area (Å²) >= 11 is 0. The number of hydrogen-bond donors (Lipinski definition) is 6. The molecule has 0 radical (unpaired) electrons. The standard InChI is InChI=1S/C20H25N9O4/c1-27-7-11(23-10-30)4-14(27)17(31)24-12-5-15(28(2)8-12)18(32)25-13-6-16(29(3)9-13)19(33)26-20(21)22/h4-10,20H,21-22H2,1-3H3,(H,23,30)(H,24,31)(H,25,32)(H,26,33). The smallest absolute Gasteiger partial charge is 0.272 e. The maximum absolute atomic E-state index is 12.8. The number of anilines is 3. The molecule has 8 N–H and O–H groups in total. The number of aryl methyl sites for hydroxylation is 3. The van der Waals surface area contributed by atoms with Gasteiger partial charge in [-0.2, -0.15) is 0 Å². The van der Waals surface area contributed by atoms with Crippen LogP contribution in [0.5, 0.6) is 0 Å². The molecule has 0 fully saturated rings. The number of nitrogens with two attached hydrogens (primary N) is 2. The van der Waals surface area contributed by atoms with E-state index < -0.39 is 24.0 Å². The molecule has 13 nitrogen and oxygen atoms in total. The second-order valence-electron chi connectivity index (χ2n) is 7.34. The molecule has 0 aliphatic rings. The van der Waals surface area contributed by atoms with Crippen molar-refractivity contribution in [2.24, 2.45) is 32.6 Å². The van der Waals surface area contributed by atoms with Crippen LogP contribution in [0.3, 0.4) is 0 Å². The summed E-state index contributed by atoms with van der Waals surface area (Å²) in [6, 6.07) is 4.54. The minimum absolute atomic E-state index is 0.261. The summed E-state index contributed by atoms with van der Waals surface area (Å²) in [5.74, 6) is -1.34. The van der Waals surface area contributed by atoms with Crippen molar-refractivity contribution in [3.8, 4) is 0 Å². The van der Waals surface area contributed by atoms with E-state index in [1.54, 1.807) is 48.9 Å². The number of carbonyl (C=O) groups excluding carboxylic acids is 4. The molecule has 0 aromatic carbocycles. The first-order valence-electron chi connectivity index (χ1n) is 9.73. The first-order valence-corrected chi connectivity index (χ1v) is 9.73. The van der Waals surface area contributed by atoms with Gasteiger partial charge in [-0.1, -0.05) is 0 Å². The average molecular weight is 455 g/mol. The summed E-state index contributed by atoms with van der Waals surface area (Å²) in [6.45, 7) is 0. The van der Waals surface area contributed by atoms with Gasteiger partial charge in [-0.05, 0) is 18.2 Å². The molecule has 3 aromatic heterocycles. The van der Waals surface area contributed by atoms with Crippen molar-refractivity contribution in [3.63, 3.8) is 0 Å². The Morgan fingerprint density at radius 2 is 1.15 bits per heavy atom. The minimum Gasteiger partial charge on any atom is -0.344 e. The lowest BCUT2D eigenvalue weighted by Crippen LogP contribution is -2.48. The lowest BCUT2D eigenvalue weighted by Gasteiger charge is -2.08. The van der Waals surface area contributed by atoms with E-state index in [2.05, 4.69) is 21.3 Å². The third-order valence-electron chi connectivity index (χ3n) is 4.75. The van der Waals surface area contributed by atoms with E-state index in [0.717, 1.165) is 0 Å². The van der Waals surface area contributed by atoms with Gasteiger partial charge in [-0.3, -0.25) is 30.6 Å². The van der Waals surface area contributed by atoms with Crippen LogP contribution in [0, 0.1) is 0 Å². The number of carbonyl (C=O) groups is 4. The molecule has 0 saturated heterocycles. The molecule has 0 atom stereocenters. The molecule has 33 heavy (non-hydrogen) atoms. The van der Waals surface area contributed by atoms with Gasteiger partial charge in [0.2, 0.25) is 6.41 Å². The average Bonchev–Trinajstić information content (AvgIpc) is 3.38. The zero-order chi connectivity index (χ0) is 24.3. The summed E-state index contributed by atoms with van der Waals surface area (Å²) in [5, 5.41) is 10.3. The summed E-state index contributed by atoms with van der Waals surface area (Å²) < 4.78 is 4.65. The predicted octanol–water partition coefficient (Wildman–Crippen LogP) is -0.294. The van der Waals surface area contributed by atoms with Crippen LogP contribution in [-0.2, 0) is 25.9 Å². The van der Waals surface area contributed by atoms with Crippen LogP contribution in [0.15, 0.2) is 36.8 Å². The molecule has 13 heteroatoms. The van der Waals surface area contributed by atoms with Crippen LogP contribution in [0.4, 0.5) is 17.1 Å². The van der Waals surface area contributed by atoms with Gasteiger partial charge in [0.15, 0.2) is 0 Å². The number of nitrogens with zero attached hydrogens (tertiary/aromatic N) is 3. The number of hydrogen-bond acceptors (Lipinski definition) is 6. The Balaban J connectivity index is 1.71. The van der Waals surface area contributed by atoms with E-state index >= 15 is 0 Å². The van der Waals surface area contributed by atoms with E-state index in [4.69, 9.17) is 11.5 Å². The highest BCUT2D eigenvalue weighted by Gasteiger charge is 2.18. The first-order chi connectivity index (χ1) is 15.6. The highest BCUT2D eigenvalue weighted by molar-refractivity contribution is 6.07. The Labute approximate surface area is 188 Å². The van der Waals surface area contributed by atoms with Gasteiger partial charge in [-0.25, -0.2) is 0 Å². The Morgan fingerprint density at radius 3 is 1.58 bits per heavy atom. The normalized spacial score (nSPS) is 10.7. The van der Waals surface area contributed by atoms with Crippen LogP contribution < -0.4 is 32.7 Å². The van der Waals surface area contributed by atoms with Crippen LogP contribution in [0.1, 0.15) is 31.5 Å². The molecule has 0 saturated carbocycles. The maximum atomic E-state index is 12.8. The van der Waals surface area contributed by atoms with Gasteiger partial charge in [0.1, 0.15) is 23.4 Å². The summed E-state index contributed by atoms with van der Waals surface area (Å²) in [5.41, 5.74) is 12.9. The number of aromatic nitrogens is 3. The molecule has 3 aromatic rings. The second kappa shape index (κ2) is 9.42. The van der Waals surface area contributed by atoms with E-state index in [1.165, 1.54) is 22.8 Å². The Kier molecular flexibility index (Phi) is 6.65. The van der Waals surface area contributed by atoms with Crippen LogP contribution >= 0.6 is 0 Å². The largest absolute Gasteiger partial charge is 0.344 e. The number of rotatable bonds is 8. The summed E-state index contributed by atoms with van der Waals surface area (Å²) in [6.07, 6.45) is 4.27. The van der Waals surface area contributed by atoms with Crippen molar-refractivity contribution >= 4 is 41.2 Å². The SMILES string of the molecule is Cn1cc(NC=O)cc1C(=O)Nc1cc(C(=O)Nc2cc(C(=O)NC(N)N)n(C)c2)n(C)c1. The van der Waals surface area contributed by atoms with Crippen LogP contribution in [-0.4, -0.2) is 44.1 Å². The number of amides is 4. The summed E-state index contributed by atoms with van der Waals surface area (Å²) in [7, 11) is 4.97. The van der Waals surface area contributed by atoms with Crippen molar-refractivity contribution in [1.82, 2.24) is 19.0 Å². The van der Waals surface area contributed by atoms with E-state index in [-0.39, 0.29) is 11.4 Å². The highest BCUT2D eigenvalue weighted by atomic mass is 16.2. The molecule has 0 aliphatic heterocycles. The van der Waals surface area contributed by atoms with Crippen LogP contribution in [0.25, 0.3) is 0 Å². The van der Waals surface area contributed by atoms with Crippen molar-refractivity contribution in [2.45, 2.75) is 6.29 Å². The zero-order valence-electron chi connectivity index (χ0n) is 18.2. The minimum atomic E-state index is -1.01. The second-order valence-corrected chi connectivity index (χ2v) is 7.34. The fraction of sp³-hybridized carbons (Fsp3) is 0.200. The lowest BCUT2D eigenvalue weighted by molar-refractivity contribution is -0.105. The molecule has 0 bridgehead atoms. The third-order valence-corrected chi connectivity index (χ3v) is 4.75. The van der Waals surface area contributed by atoms with E-state index in [1.807, 2.05) is 0 Å². The van der Waals surface area contributed by atoms with E-state index in [9.17, 15) is 19.2 Å². The molecule has 4 amide bonds. The van der Waals surface area contributed by atoms with Gasteiger partial charge >= 0.3 is 0 Å². The number of nitrogens with one attached hydrogen (secondary N) is 4. The topological polar surface area (TPSA) is 183 Å². The molecule has 3 rings (SSSR count). The Bertz CT molecular complexity index is 1220. The van der Waals surface area contributed by atoms with Crippen molar-refractivity contribution < 1.29 is 19.2 Å². The molecular formula is C20H25N9O4. The monoisotopic (exact) mass is 455 g/mol. The Morgan fingerprint density at radius 1 is 0.758 bits per heavy atom. The van der Waals surface area contributed by atoms with Crippen molar-refractivity contribution in [2.75, 3.05) is 16.0 Å². The molecular weight excluding hydrogens is 430 g/mol. The lowest BCUT2D eigenvalue weighted by atomic mass is 10.3. The molecule has 3 heterocycles. The molecule has 174 valence electrons. The van der Waals surface area contributed by atoms with Crippen molar-refractivity contribution in [1.29, 1.82) is 0 Å². The van der Waals surface area contributed by atoms with Gasteiger partial charge in [0, 0.05) is 39.7 Å². The molecule has 0 spiro atoms. The predicted molar refractivity (Wildman–Crippen MR) is 121 cm³/mol. The summed E-state index contributed by atoms with van der Waals surface area (Å²) in [4.78, 5) is 48.1. The first kappa shape index (κ1) is 23.3. The highest BCUT2D eigenvalue weighted by Crippen LogP contribution is 2.19. The zero-order valence-corrected chi connectivity index (χ0v) is 18.2. The fourth-order valence-electron chi connectivity index (χ4n) is 3.27. The molecule has 0 aliphatic carbocycles. The van der Waals surface area contributed by atoms with Gasteiger partial charge in [0.05, 0.1) is 17.1 Å². The molecule has 0 unspecified atom stereocenters. The quantitative estimate of drug-likeness (QED) is 0.200. The van der Waals surface area contributed by atoms with Gasteiger partial charge in [0.25, 0.3) is 17.7 Å². The van der Waals surface area contributed by atoms with E-state index in [0.29, 0.717) is 29.2 Å². The Hall–Kier alpha value is -4.36. The van der Waals surface area contributed by atoms with Gasteiger partial charge < -0.3 is 35.0 Å². The maximum Gasteiger partial charge on any atom is 0.272 e.